The number of halogens is 1. The van der Waals surface area contributed by atoms with Crippen LogP contribution in [0, 0.1) is 5.82 Å². The predicted octanol–water partition coefficient (Wildman–Crippen LogP) is 1.05. The SMILES string of the molecule is CCN(CCO)C(C)C(=O)Nc1cc(N)ccc1F. The fourth-order valence-corrected chi connectivity index (χ4v) is 1.80. The van der Waals surface area contributed by atoms with Crippen LogP contribution in [-0.4, -0.2) is 41.7 Å². The monoisotopic (exact) mass is 269 g/mol. The maximum Gasteiger partial charge on any atom is 0.241 e. The van der Waals surface area contributed by atoms with Crippen LogP contribution in [0.25, 0.3) is 0 Å². The molecule has 0 aliphatic carbocycles. The summed E-state index contributed by atoms with van der Waals surface area (Å²) in [5.41, 5.74) is 6.00. The molecule has 1 aromatic rings. The Morgan fingerprint density at radius 2 is 2.26 bits per heavy atom. The first-order chi connectivity index (χ1) is 8.99. The lowest BCUT2D eigenvalue weighted by atomic mass is 10.2. The van der Waals surface area contributed by atoms with E-state index < -0.39 is 11.9 Å². The van der Waals surface area contributed by atoms with Crippen LogP contribution >= 0.6 is 0 Å². The molecule has 0 fully saturated rings. The molecule has 0 aromatic heterocycles. The number of benzene rings is 1. The van der Waals surface area contributed by atoms with Crippen molar-refractivity contribution in [2.24, 2.45) is 0 Å². The Labute approximate surface area is 112 Å². The average Bonchev–Trinajstić information content (AvgIpc) is 2.39. The second-order valence-corrected chi connectivity index (χ2v) is 4.26. The van der Waals surface area contributed by atoms with Crippen molar-refractivity contribution in [3.8, 4) is 0 Å². The van der Waals surface area contributed by atoms with Crippen molar-refractivity contribution in [1.82, 2.24) is 4.90 Å². The summed E-state index contributed by atoms with van der Waals surface area (Å²) in [5.74, 6) is -0.861. The largest absolute Gasteiger partial charge is 0.399 e. The van der Waals surface area contributed by atoms with Gasteiger partial charge >= 0.3 is 0 Å². The molecule has 1 aromatic carbocycles. The maximum atomic E-state index is 13.5. The minimum atomic E-state index is -0.528. The molecule has 19 heavy (non-hydrogen) atoms. The van der Waals surface area contributed by atoms with E-state index in [-0.39, 0.29) is 18.2 Å². The van der Waals surface area contributed by atoms with E-state index >= 15 is 0 Å². The van der Waals surface area contributed by atoms with E-state index in [0.29, 0.717) is 18.8 Å². The summed E-state index contributed by atoms with van der Waals surface area (Å²) >= 11 is 0. The number of nitrogens with zero attached hydrogens (tertiary/aromatic N) is 1. The number of nitrogen functional groups attached to an aromatic ring is 1. The second kappa shape index (κ2) is 7.06. The van der Waals surface area contributed by atoms with E-state index in [2.05, 4.69) is 5.32 Å². The molecule has 0 radical (unpaired) electrons. The van der Waals surface area contributed by atoms with Gasteiger partial charge in [-0.25, -0.2) is 4.39 Å². The second-order valence-electron chi connectivity index (χ2n) is 4.26. The van der Waals surface area contributed by atoms with Gasteiger partial charge in [0, 0.05) is 12.2 Å². The smallest absolute Gasteiger partial charge is 0.241 e. The van der Waals surface area contributed by atoms with E-state index in [1.54, 1.807) is 11.8 Å². The van der Waals surface area contributed by atoms with E-state index in [0.717, 1.165) is 0 Å². The number of nitrogens with two attached hydrogens (primary N) is 1. The standard InChI is InChI=1S/C13H20FN3O2/c1-3-17(6-7-18)9(2)13(19)16-12-8-10(15)4-5-11(12)14/h4-5,8-9,18H,3,6-7,15H2,1-2H3,(H,16,19). The van der Waals surface area contributed by atoms with Gasteiger partial charge in [0.05, 0.1) is 18.3 Å². The van der Waals surface area contributed by atoms with E-state index in [1.165, 1.54) is 18.2 Å². The highest BCUT2D eigenvalue weighted by molar-refractivity contribution is 5.95. The van der Waals surface area contributed by atoms with Crippen molar-refractivity contribution in [2.45, 2.75) is 19.9 Å². The van der Waals surface area contributed by atoms with Gasteiger partial charge in [-0.3, -0.25) is 9.69 Å². The average molecular weight is 269 g/mol. The third-order valence-electron chi connectivity index (χ3n) is 2.97. The van der Waals surface area contributed by atoms with Crippen molar-refractivity contribution in [2.75, 3.05) is 30.7 Å². The van der Waals surface area contributed by atoms with Crippen molar-refractivity contribution >= 4 is 17.3 Å². The Morgan fingerprint density at radius 1 is 1.58 bits per heavy atom. The Hall–Kier alpha value is -1.66. The summed E-state index contributed by atoms with van der Waals surface area (Å²) in [6.45, 7) is 4.58. The molecule has 0 saturated carbocycles. The topological polar surface area (TPSA) is 78.6 Å². The van der Waals surface area contributed by atoms with Crippen LogP contribution in [-0.2, 0) is 4.79 Å². The van der Waals surface area contributed by atoms with Crippen molar-refractivity contribution < 1.29 is 14.3 Å². The zero-order valence-electron chi connectivity index (χ0n) is 11.2. The van der Waals surface area contributed by atoms with Gasteiger partial charge in [0.2, 0.25) is 5.91 Å². The van der Waals surface area contributed by atoms with Gasteiger partial charge < -0.3 is 16.2 Å². The Kier molecular flexibility index (Phi) is 5.72. The maximum absolute atomic E-state index is 13.5. The molecule has 1 atom stereocenters. The molecule has 0 heterocycles. The summed E-state index contributed by atoms with van der Waals surface area (Å²) in [6, 6.07) is 3.56. The molecule has 1 unspecified atom stereocenters. The molecule has 0 bridgehead atoms. The van der Waals surface area contributed by atoms with E-state index in [1.807, 2.05) is 6.92 Å². The summed E-state index contributed by atoms with van der Waals surface area (Å²) in [4.78, 5) is 13.8. The molecule has 0 spiro atoms. The molecule has 4 N–H and O–H groups in total. The summed E-state index contributed by atoms with van der Waals surface area (Å²) in [5, 5.41) is 11.4. The lowest BCUT2D eigenvalue weighted by Crippen LogP contribution is -2.43. The van der Waals surface area contributed by atoms with Gasteiger partial charge in [-0.1, -0.05) is 6.92 Å². The highest BCUT2D eigenvalue weighted by atomic mass is 19.1. The third-order valence-corrected chi connectivity index (χ3v) is 2.97. The Balaban J connectivity index is 2.75. The molecular formula is C13H20FN3O2. The van der Waals surface area contributed by atoms with Crippen LogP contribution < -0.4 is 11.1 Å². The molecular weight excluding hydrogens is 249 g/mol. The number of carbonyl (C=O) groups is 1. The highest BCUT2D eigenvalue weighted by Gasteiger charge is 2.20. The Morgan fingerprint density at radius 3 is 2.84 bits per heavy atom. The number of hydrogen-bond donors (Lipinski definition) is 3. The summed E-state index contributed by atoms with van der Waals surface area (Å²) in [6.07, 6.45) is 0. The van der Waals surface area contributed by atoms with Gasteiger partial charge in [0.1, 0.15) is 5.82 Å². The summed E-state index contributed by atoms with van der Waals surface area (Å²) in [7, 11) is 0. The van der Waals surface area contributed by atoms with Crippen LogP contribution in [0.3, 0.4) is 0 Å². The zero-order valence-corrected chi connectivity index (χ0v) is 11.2. The predicted molar refractivity (Wildman–Crippen MR) is 73.2 cm³/mol. The molecule has 106 valence electrons. The first-order valence-corrected chi connectivity index (χ1v) is 6.20. The van der Waals surface area contributed by atoms with E-state index in [9.17, 15) is 9.18 Å². The van der Waals surface area contributed by atoms with Crippen LogP contribution in [0.15, 0.2) is 18.2 Å². The van der Waals surface area contributed by atoms with Gasteiger partial charge in [0.15, 0.2) is 0 Å². The number of carbonyl (C=O) groups excluding carboxylic acids is 1. The van der Waals surface area contributed by atoms with Crippen molar-refractivity contribution in [3.63, 3.8) is 0 Å². The number of likely N-dealkylation sites (N-methyl/N-ethyl adjacent to an activating group) is 1. The molecule has 1 amide bonds. The quantitative estimate of drug-likeness (QED) is 0.674. The highest BCUT2D eigenvalue weighted by Crippen LogP contribution is 2.18. The lowest BCUT2D eigenvalue weighted by molar-refractivity contribution is -0.120. The molecule has 0 saturated heterocycles. The third kappa shape index (κ3) is 4.18. The summed E-state index contributed by atoms with van der Waals surface area (Å²) < 4.78 is 13.5. The number of nitrogens with one attached hydrogen (secondary N) is 1. The number of aliphatic hydroxyl groups excluding tert-OH is 1. The number of anilines is 2. The molecule has 5 nitrogen and oxygen atoms in total. The number of amides is 1. The van der Waals surface area contributed by atoms with Gasteiger partial charge in [-0.2, -0.15) is 0 Å². The van der Waals surface area contributed by atoms with Gasteiger partial charge in [-0.05, 0) is 31.7 Å². The van der Waals surface area contributed by atoms with Crippen LogP contribution in [0.5, 0.6) is 0 Å². The molecule has 6 heteroatoms. The first-order valence-electron chi connectivity index (χ1n) is 6.20. The normalized spacial score (nSPS) is 12.5. The fourth-order valence-electron chi connectivity index (χ4n) is 1.80. The minimum absolute atomic E-state index is 0.0297. The number of rotatable bonds is 6. The Bertz CT molecular complexity index is 440. The number of aliphatic hydroxyl groups is 1. The van der Waals surface area contributed by atoms with Crippen LogP contribution in [0.4, 0.5) is 15.8 Å². The molecule has 1 rings (SSSR count). The molecule has 0 aliphatic heterocycles. The first kappa shape index (κ1) is 15.4. The van der Waals surface area contributed by atoms with Crippen molar-refractivity contribution in [3.05, 3.63) is 24.0 Å². The van der Waals surface area contributed by atoms with Crippen molar-refractivity contribution in [1.29, 1.82) is 0 Å². The van der Waals surface area contributed by atoms with Gasteiger partial charge in [0.25, 0.3) is 0 Å². The fraction of sp³-hybridized carbons (Fsp3) is 0.462. The lowest BCUT2D eigenvalue weighted by Gasteiger charge is -2.26. The van der Waals surface area contributed by atoms with Crippen LogP contribution in [0.1, 0.15) is 13.8 Å². The number of hydrogen-bond acceptors (Lipinski definition) is 4. The van der Waals surface area contributed by atoms with Gasteiger partial charge in [-0.15, -0.1) is 0 Å². The minimum Gasteiger partial charge on any atom is -0.399 e. The zero-order chi connectivity index (χ0) is 14.4. The van der Waals surface area contributed by atoms with E-state index in [4.69, 9.17) is 10.8 Å². The molecule has 0 aliphatic rings. The van der Waals surface area contributed by atoms with Crippen LogP contribution in [0.2, 0.25) is 0 Å².